The number of hydrogen-bond acceptors (Lipinski definition) is 4. The fourth-order valence-corrected chi connectivity index (χ4v) is 7.69. The molecule has 1 fully saturated rings. The van der Waals surface area contributed by atoms with Gasteiger partial charge >= 0.3 is 5.97 Å². The van der Waals surface area contributed by atoms with Crippen LogP contribution in [0.25, 0.3) is 0 Å². The number of benzene rings is 2. The Balaban J connectivity index is 1.62. The lowest BCUT2D eigenvalue weighted by molar-refractivity contribution is -0.153. The molecule has 1 heterocycles. The topological polar surface area (TPSA) is 63.7 Å². The average Bonchev–Trinajstić information content (AvgIpc) is 3.03. The summed E-state index contributed by atoms with van der Waals surface area (Å²) in [6.45, 7) is 1.94. The molecule has 2 amide bonds. The number of ether oxygens (including phenoxy) is 1. The summed E-state index contributed by atoms with van der Waals surface area (Å²) in [5.41, 5.74) is 3.89. The highest BCUT2D eigenvalue weighted by Crippen LogP contribution is 2.70. The number of imide groups is 1. The van der Waals surface area contributed by atoms with Gasteiger partial charge in [-0.1, -0.05) is 93.7 Å². The predicted molar refractivity (Wildman–Crippen MR) is 122 cm³/mol. The zero-order chi connectivity index (χ0) is 22.0. The van der Waals surface area contributed by atoms with Gasteiger partial charge in [0.25, 0.3) is 0 Å². The molecule has 0 spiro atoms. The van der Waals surface area contributed by atoms with E-state index in [1.54, 1.807) is 0 Å². The lowest BCUT2D eigenvalue weighted by atomic mass is 9.54. The Hall–Kier alpha value is -1.99. The number of carbonyl (C=O) groups excluding carboxylic acids is 3. The SMILES string of the molecule is CCCCOC(=O)CN1C(=O)[C@@H]2[C@@H](C1=O)C1(Br)c3ccccc3C2(Br)c2ccccc21. The molecule has 4 aliphatic rings. The lowest BCUT2D eigenvalue weighted by Gasteiger charge is -2.55. The van der Waals surface area contributed by atoms with Gasteiger partial charge in [0.15, 0.2) is 0 Å². The van der Waals surface area contributed by atoms with Crippen LogP contribution in [0.2, 0.25) is 0 Å². The second kappa shape index (κ2) is 7.27. The number of nitrogens with zero attached hydrogens (tertiary/aromatic N) is 1. The number of alkyl halides is 2. The van der Waals surface area contributed by atoms with E-state index in [1.807, 2.05) is 55.5 Å². The molecule has 1 saturated heterocycles. The van der Waals surface area contributed by atoms with Crippen molar-refractivity contribution in [3.8, 4) is 0 Å². The molecule has 6 rings (SSSR count). The summed E-state index contributed by atoms with van der Waals surface area (Å²) in [5, 5.41) is 0. The van der Waals surface area contributed by atoms with Crippen LogP contribution in [0.4, 0.5) is 0 Å². The van der Waals surface area contributed by atoms with Gasteiger partial charge in [-0.05, 0) is 28.7 Å². The summed E-state index contributed by atoms with van der Waals surface area (Å²) in [6, 6.07) is 15.8. The molecule has 0 aromatic heterocycles. The van der Waals surface area contributed by atoms with E-state index in [1.165, 1.54) is 0 Å². The monoisotopic (exact) mass is 545 g/mol. The van der Waals surface area contributed by atoms with Crippen molar-refractivity contribution < 1.29 is 19.1 Å². The third-order valence-corrected chi connectivity index (χ3v) is 9.42. The molecule has 0 N–H and O–H groups in total. The van der Waals surface area contributed by atoms with Crippen molar-refractivity contribution >= 4 is 49.6 Å². The molecule has 2 aromatic carbocycles. The maximum atomic E-state index is 13.6. The second-order valence-corrected chi connectivity index (χ2v) is 10.8. The first-order chi connectivity index (χ1) is 14.9. The summed E-state index contributed by atoms with van der Waals surface area (Å²) in [7, 11) is 0. The van der Waals surface area contributed by atoms with Gasteiger partial charge in [-0.15, -0.1) is 0 Å². The van der Waals surface area contributed by atoms with Crippen LogP contribution in [0.1, 0.15) is 42.0 Å². The van der Waals surface area contributed by atoms with Crippen molar-refractivity contribution in [3.63, 3.8) is 0 Å². The van der Waals surface area contributed by atoms with Gasteiger partial charge in [-0.25, -0.2) is 0 Å². The van der Waals surface area contributed by atoms with Gasteiger partial charge in [0.05, 0.1) is 27.1 Å². The molecule has 160 valence electrons. The number of esters is 1. The quantitative estimate of drug-likeness (QED) is 0.243. The molecule has 0 radical (unpaired) electrons. The molecule has 0 unspecified atom stereocenters. The van der Waals surface area contributed by atoms with Crippen LogP contribution in [0.15, 0.2) is 48.5 Å². The van der Waals surface area contributed by atoms with Gasteiger partial charge in [0.2, 0.25) is 11.8 Å². The number of carbonyl (C=O) groups is 3. The Bertz CT molecular complexity index is 993. The molecule has 7 heteroatoms. The van der Waals surface area contributed by atoms with Crippen molar-refractivity contribution in [1.82, 2.24) is 4.90 Å². The summed E-state index contributed by atoms with van der Waals surface area (Å²) >= 11 is 7.88. The van der Waals surface area contributed by atoms with Crippen LogP contribution in [0.3, 0.4) is 0 Å². The third kappa shape index (κ3) is 2.62. The number of halogens is 2. The molecule has 2 atom stereocenters. The summed E-state index contributed by atoms with van der Waals surface area (Å²) in [6.07, 6.45) is 1.65. The van der Waals surface area contributed by atoms with Crippen LogP contribution in [0.5, 0.6) is 0 Å². The molecule has 31 heavy (non-hydrogen) atoms. The van der Waals surface area contributed by atoms with E-state index in [9.17, 15) is 14.4 Å². The van der Waals surface area contributed by atoms with Crippen LogP contribution in [-0.4, -0.2) is 35.8 Å². The highest BCUT2D eigenvalue weighted by Gasteiger charge is 2.72. The highest BCUT2D eigenvalue weighted by atomic mass is 79.9. The van der Waals surface area contributed by atoms with Gasteiger partial charge < -0.3 is 4.74 Å². The second-order valence-electron chi connectivity index (χ2n) is 8.31. The van der Waals surface area contributed by atoms with E-state index in [2.05, 4.69) is 31.9 Å². The predicted octanol–water partition coefficient (Wildman–Crippen LogP) is 4.24. The maximum absolute atomic E-state index is 13.6. The van der Waals surface area contributed by atoms with Crippen LogP contribution >= 0.6 is 31.9 Å². The fraction of sp³-hybridized carbons (Fsp3) is 0.375. The molecule has 0 saturated carbocycles. The largest absolute Gasteiger partial charge is 0.464 e. The Morgan fingerprint density at radius 3 is 1.71 bits per heavy atom. The van der Waals surface area contributed by atoms with Crippen LogP contribution < -0.4 is 0 Å². The van der Waals surface area contributed by atoms with Gasteiger partial charge in [-0.3, -0.25) is 19.3 Å². The van der Waals surface area contributed by atoms with E-state index in [0.717, 1.165) is 40.0 Å². The van der Waals surface area contributed by atoms with E-state index in [4.69, 9.17) is 4.74 Å². The summed E-state index contributed by atoms with van der Waals surface area (Å²) in [4.78, 5) is 40.7. The lowest BCUT2D eigenvalue weighted by Crippen LogP contribution is -2.56. The van der Waals surface area contributed by atoms with E-state index >= 15 is 0 Å². The van der Waals surface area contributed by atoms with Crippen molar-refractivity contribution in [2.75, 3.05) is 13.2 Å². The first-order valence-corrected chi connectivity index (χ1v) is 12.0. The Morgan fingerprint density at radius 1 is 0.903 bits per heavy atom. The van der Waals surface area contributed by atoms with E-state index < -0.39 is 26.5 Å². The molecular weight excluding hydrogens is 526 g/mol. The number of amides is 2. The molecule has 2 bridgehead atoms. The Labute approximate surface area is 197 Å². The summed E-state index contributed by atoms with van der Waals surface area (Å²) in [5.74, 6) is -2.55. The average molecular weight is 547 g/mol. The Morgan fingerprint density at radius 2 is 1.32 bits per heavy atom. The van der Waals surface area contributed by atoms with Gasteiger partial charge in [0, 0.05) is 0 Å². The highest BCUT2D eigenvalue weighted by molar-refractivity contribution is 9.10. The minimum absolute atomic E-state index is 0.292. The van der Waals surface area contributed by atoms with E-state index in [-0.39, 0.29) is 18.4 Å². The Kier molecular flexibility index (Phi) is 4.90. The van der Waals surface area contributed by atoms with Crippen molar-refractivity contribution in [2.24, 2.45) is 11.8 Å². The van der Waals surface area contributed by atoms with E-state index in [0.29, 0.717) is 6.61 Å². The normalized spacial score (nSPS) is 30.1. The molecule has 1 aliphatic heterocycles. The van der Waals surface area contributed by atoms with Crippen molar-refractivity contribution in [3.05, 3.63) is 70.8 Å². The third-order valence-electron chi connectivity index (χ3n) is 6.72. The fourth-order valence-electron chi connectivity index (χ4n) is 5.39. The van der Waals surface area contributed by atoms with Crippen molar-refractivity contribution in [2.45, 2.75) is 28.4 Å². The van der Waals surface area contributed by atoms with Crippen molar-refractivity contribution in [1.29, 1.82) is 0 Å². The maximum Gasteiger partial charge on any atom is 0.326 e. The number of hydrogen-bond donors (Lipinski definition) is 0. The smallest absolute Gasteiger partial charge is 0.326 e. The first-order valence-electron chi connectivity index (χ1n) is 10.4. The molecular formula is C24H21Br2NO4. The zero-order valence-corrected chi connectivity index (χ0v) is 20.1. The van der Waals surface area contributed by atoms with Crippen LogP contribution in [-0.2, 0) is 27.8 Å². The van der Waals surface area contributed by atoms with Crippen LogP contribution in [0, 0.1) is 11.8 Å². The number of unbranched alkanes of at least 4 members (excludes halogenated alkanes) is 1. The first kappa shape index (κ1) is 20.9. The minimum atomic E-state index is -0.839. The zero-order valence-electron chi connectivity index (χ0n) is 16.9. The minimum Gasteiger partial charge on any atom is -0.464 e. The van der Waals surface area contributed by atoms with Gasteiger partial charge in [-0.2, -0.15) is 0 Å². The molecule has 2 aromatic rings. The summed E-state index contributed by atoms with van der Waals surface area (Å²) < 4.78 is 3.55. The standard InChI is InChI=1S/C24H21Br2NO4/c1-2-3-12-31-18(28)13-27-21(29)19-20(22(27)30)24(26)15-9-5-4-8-14(15)23(19,25)16-10-6-7-11-17(16)24/h4-11,19-20H,2-3,12-13H2,1H3/t19-,20-,23?,24?/m0/s1. The number of rotatable bonds is 5. The van der Waals surface area contributed by atoms with Gasteiger partial charge in [0.1, 0.15) is 6.54 Å². The number of likely N-dealkylation sites (tertiary alicyclic amines) is 1. The molecule has 5 nitrogen and oxygen atoms in total. The molecule has 3 aliphatic carbocycles.